The van der Waals surface area contributed by atoms with Crippen LogP contribution in [0.3, 0.4) is 0 Å². The third-order valence-electron chi connectivity index (χ3n) is 2.65. The van der Waals surface area contributed by atoms with E-state index in [-0.39, 0.29) is 9.37 Å². The molecule has 3 N–H and O–H groups in total. The van der Waals surface area contributed by atoms with E-state index in [0.29, 0.717) is 17.1 Å². The van der Waals surface area contributed by atoms with Crippen molar-refractivity contribution in [1.29, 1.82) is 0 Å². The van der Waals surface area contributed by atoms with E-state index in [2.05, 4.69) is 21.2 Å². The molecule has 0 atom stereocenters. The molecule has 0 amide bonds. The van der Waals surface area contributed by atoms with Crippen molar-refractivity contribution in [3.05, 3.63) is 46.7 Å². The Morgan fingerprint density at radius 2 is 1.80 bits per heavy atom. The predicted molar refractivity (Wildman–Crippen MR) is 81.3 cm³/mol. The fourth-order valence-electron chi connectivity index (χ4n) is 1.61. The second kappa shape index (κ2) is 5.41. The van der Waals surface area contributed by atoms with Gasteiger partial charge in [0.25, 0.3) is 0 Å². The summed E-state index contributed by atoms with van der Waals surface area (Å²) in [6.45, 7) is 0. The van der Waals surface area contributed by atoms with E-state index in [9.17, 15) is 12.8 Å². The van der Waals surface area contributed by atoms with Crippen LogP contribution in [0.15, 0.2) is 45.8 Å². The molecule has 0 aromatic heterocycles. The van der Waals surface area contributed by atoms with E-state index in [1.54, 1.807) is 12.1 Å². The summed E-state index contributed by atoms with van der Waals surface area (Å²) in [4.78, 5) is 0.220. The summed E-state index contributed by atoms with van der Waals surface area (Å²) in [7, 11) is -3.23. The Morgan fingerprint density at radius 1 is 1.20 bits per heavy atom. The maximum Gasteiger partial charge on any atom is 0.175 e. The monoisotopic (exact) mass is 358 g/mol. The molecule has 0 fully saturated rings. The number of benzene rings is 2. The van der Waals surface area contributed by atoms with Crippen molar-refractivity contribution in [1.82, 2.24) is 0 Å². The number of sulfone groups is 1. The minimum absolute atomic E-state index is 0.220. The van der Waals surface area contributed by atoms with Crippen LogP contribution in [0.2, 0.25) is 0 Å². The van der Waals surface area contributed by atoms with E-state index < -0.39 is 15.7 Å². The Bertz CT molecular complexity index is 746. The summed E-state index contributed by atoms with van der Waals surface area (Å²) < 4.78 is 36.4. The van der Waals surface area contributed by atoms with Gasteiger partial charge in [0.15, 0.2) is 9.84 Å². The minimum Gasteiger partial charge on any atom is -0.397 e. The molecule has 0 aliphatic carbocycles. The molecule has 2 aromatic rings. The van der Waals surface area contributed by atoms with Crippen LogP contribution in [0, 0.1) is 5.82 Å². The maximum atomic E-state index is 13.5. The number of nitrogen functional groups attached to an aromatic ring is 1. The Kier molecular flexibility index (Phi) is 4.01. The molecule has 0 radical (unpaired) electrons. The standard InChI is InChI=1S/C13H12BrFN2O2S/c1-20(18,19)9-4-2-8(3-5-9)17-13-7-11(15)10(14)6-12(13)16/h2-7,17H,16H2,1H3. The van der Waals surface area contributed by atoms with Crippen molar-refractivity contribution in [3.63, 3.8) is 0 Å². The minimum atomic E-state index is -3.23. The normalized spacial score (nSPS) is 11.3. The molecule has 0 unspecified atom stereocenters. The molecule has 2 aromatic carbocycles. The fraction of sp³-hybridized carbons (Fsp3) is 0.0769. The lowest BCUT2D eigenvalue weighted by Gasteiger charge is -2.10. The lowest BCUT2D eigenvalue weighted by Crippen LogP contribution is -1.99. The molecule has 0 saturated carbocycles. The van der Waals surface area contributed by atoms with Gasteiger partial charge in [-0.25, -0.2) is 12.8 Å². The van der Waals surface area contributed by atoms with Crippen LogP contribution in [-0.4, -0.2) is 14.7 Å². The number of halogens is 2. The van der Waals surface area contributed by atoms with Crippen LogP contribution in [0.5, 0.6) is 0 Å². The zero-order valence-electron chi connectivity index (χ0n) is 10.5. The molecule has 0 saturated heterocycles. The first-order valence-electron chi connectivity index (χ1n) is 5.59. The van der Waals surface area contributed by atoms with E-state index in [4.69, 9.17) is 5.73 Å². The molecule has 0 bridgehead atoms. The van der Waals surface area contributed by atoms with Crippen molar-refractivity contribution < 1.29 is 12.8 Å². The molecule has 0 spiro atoms. The highest BCUT2D eigenvalue weighted by Crippen LogP contribution is 2.29. The quantitative estimate of drug-likeness (QED) is 0.825. The zero-order valence-corrected chi connectivity index (χ0v) is 12.9. The highest BCUT2D eigenvalue weighted by atomic mass is 79.9. The van der Waals surface area contributed by atoms with Crippen molar-refractivity contribution in [2.75, 3.05) is 17.3 Å². The van der Waals surface area contributed by atoms with Gasteiger partial charge in [0.05, 0.1) is 20.7 Å². The molecule has 7 heteroatoms. The van der Waals surface area contributed by atoms with E-state index in [0.717, 1.165) is 6.26 Å². The summed E-state index contributed by atoms with van der Waals surface area (Å²) in [5.41, 5.74) is 7.19. The van der Waals surface area contributed by atoms with Gasteiger partial charge in [-0.3, -0.25) is 0 Å². The first-order chi connectivity index (χ1) is 9.27. The Balaban J connectivity index is 2.29. The van der Waals surface area contributed by atoms with Crippen LogP contribution in [0.25, 0.3) is 0 Å². The third kappa shape index (κ3) is 3.29. The largest absolute Gasteiger partial charge is 0.397 e. The van der Waals surface area contributed by atoms with Crippen LogP contribution >= 0.6 is 15.9 Å². The molecule has 0 aliphatic rings. The number of hydrogen-bond donors (Lipinski definition) is 2. The van der Waals surface area contributed by atoms with Crippen molar-refractivity contribution >= 4 is 42.8 Å². The van der Waals surface area contributed by atoms with Crippen LogP contribution < -0.4 is 11.1 Å². The third-order valence-corrected chi connectivity index (χ3v) is 4.39. The summed E-state index contributed by atoms with van der Waals surface area (Å²) in [6.07, 6.45) is 1.14. The van der Waals surface area contributed by atoms with Crippen molar-refractivity contribution in [3.8, 4) is 0 Å². The highest BCUT2D eigenvalue weighted by Gasteiger charge is 2.08. The van der Waals surface area contributed by atoms with E-state index >= 15 is 0 Å². The van der Waals surface area contributed by atoms with Gasteiger partial charge >= 0.3 is 0 Å². The molecular formula is C13H12BrFN2O2S. The van der Waals surface area contributed by atoms with Gasteiger partial charge in [-0.05, 0) is 46.3 Å². The van der Waals surface area contributed by atoms with Gasteiger partial charge in [0.2, 0.25) is 0 Å². The average Bonchev–Trinajstić information content (AvgIpc) is 2.35. The maximum absolute atomic E-state index is 13.5. The van der Waals surface area contributed by atoms with Gasteiger partial charge in [-0.1, -0.05) is 0 Å². The van der Waals surface area contributed by atoms with Gasteiger partial charge in [-0.2, -0.15) is 0 Å². The Hall–Kier alpha value is -1.60. The summed E-state index contributed by atoms with van der Waals surface area (Å²) in [5.74, 6) is -0.436. The highest BCUT2D eigenvalue weighted by molar-refractivity contribution is 9.10. The van der Waals surface area contributed by atoms with Crippen LogP contribution in [0.4, 0.5) is 21.5 Å². The van der Waals surface area contributed by atoms with Gasteiger partial charge in [0, 0.05) is 18.0 Å². The first kappa shape index (κ1) is 14.8. The molecule has 2 rings (SSSR count). The fourth-order valence-corrected chi connectivity index (χ4v) is 2.60. The lowest BCUT2D eigenvalue weighted by atomic mass is 10.2. The smallest absolute Gasteiger partial charge is 0.175 e. The SMILES string of the molecule is CS(=O)(=O)c1ccc(Nc2cc(F)c(Br)cc2N)cc1. The lowest BCUT2D eigenvalue weighted by molar-refractivity contribution is 0.602. The molecule has 106 valence electrons. The number of rotatable bonds is 3. The zero-order chi connectivity index (χ0) is 14.9. The molecule has 4 nitrogen and oxygen atoms in total. The average molecular weight is 359 g/mol. The Morgan fingerprint density at radius 3 is 2.35 bits per heavy atom. The number of nitrogens with one attached hydrogen (secondary N) is 1. The van der Waals surface area contributed by atoms with Crippen LogP contribution in [0.1, 0.15) is 0 Å². The van der Waals surface area contributed by atoms with Gasteiger partial charge in [0.1, 0.15) is 5.82 Å². The van der Waals surface area contributed by atoms with Crippen LogP contribution in [-0.2, 0) is 9.84 Å². The molecular weight excluding hydrogens is 347 g/mol. The summed E-state index contributed by atoms with van der Waals surface area (Å²) >= 11 is 3.05. The Labute approximate surface area is 124 Å². The number of nitrogens with two attached hydrogens (primary N) is 1. The number of hydrogen-bond acceptors (Lipinski definition) is 4. The van der Waals surface area contributed by atoms with E-state index in [1.165, 1.54) is 24.3 Å². The van der Waals surface area contributed by atoms with Crippen molar-refractivity contribution in [2.24, 2.45) is 0 Å². The second-order valence-corrected chi connectivity index (χ2v) is 7.15. The summed E-state index contributed by atoms with van der Waals surface area (Å²) in [5, 5.41) is 2.94. The molecule has 20 heavy (non-hydrogen) atoms. The predicted octanol–water partition coefficient (Wildman–Crippen LogP) is 3.32. The molecule has 0 heterocycles. The number of anilines is 3. The van der Waals surface area contributed by atoms with E-state index in [1.807, 2.05) is 0 Å². The topological polar surface area (TPSA) is 72.2 Å². The second-order valence-electron chi connectivity index (χ2n) is 4.28. The first-order valence-corrected chi connectivity index (χ1v) is 8.27. The van der Waals surface area contributed by atoms with Gasteiger partial charge < -0.3 is 11.1 Å². The van der Waals surface area contributed by atoms with Crippen molar-refractivity contribution in [2.45, 2.75) is 4.90 Å². The molecule has 0 aliphatic heterocycles. The van der Waals surface area contributed by atoms with Gasteiger partial charge in [-0.15, -0.1) is 0 Å². The summed E-state index contributed by atoms with van der Waals surface area (Å²) in [6, 6.07) is 8.87.